The summed E-state index contributed by atoms with van der Waals surface area (Å²) in [6.07, 6.45) is 1.44. The third kappa shape index (κ3) is 3.26. The molecule has 5 nitrogen and oxygen atoms in total. The first kappa shape index (κ1) is 12.5. The van der Waals surface area contributed by atoms with Gasteiger partial charge in [-0.1, -0.05) is 0 Å². The molecule has 1 fully saturated rings. The van der Waals surface area contributed by atoms with E-state index in [1.165, 1.54) is 0 Å². The average molecular weight is 238 g/mol. The van der Waals surface area contributed by atoms with E-state index in [4.69, 9.17) is 0 Å². The van der Waals surface area contributed by atoms with Crippen LogP contribution in [0.1, 0.15) is 26.7 Å². The van der Waals surface area contributed by atoms with Crippen LogP contribution in [0.5, 0.6) is 0 Å². The number of carbonyl (C=O) groups excluding carboxylic acids is 1. The molecule has 0 saturated carbocycles. The second-order valence-electron chi connectivity index (χ2n) is 5.02. The summed E-state index contributed by atoms with van der Waals surface area (Å²) in [6.45, 7) is 9.20. The van der Waals surface area contributed by atoms with Crippen molar-refractivity contribution in [2.45, 2.75) is 32.7 Å². The number of hydrazone groups is 1. The van der Waals surface area contributed by atoms with Crippen molar-refractivity contribution in [1.82, 2.24) is 15.2 Å². The summed E-state index contributed by atoms with van der Waals surface area (Å²) >= 11 is 0. The second kappa shape index (κ2) is 5.60. The van der Waals surface area contributed by atoms with Crippen molar-refractivity contribution in [2.75, 3.05) is 32.7 Å². The van der Waals surface area contributed by atoms with Crippen LogP contribution in [0.3, 0.4) is 0 Å². The lowest BCUT2D eigenvalue weighted by molar-refractivity contribution is -0.133. The molecule has 0 bridgehead atoms. The molecule has 5 heteroatoms. The van der Waals surface area contributed by atoms with Crippen LogP contribution >= 0.6 is 0 Å². The molecule has 2 aliphatic rings. The van der Waals surface area contributed by atoms with Gasteiger partial charge in [0, 0.05) is 45.2 Å². The number of nitrogens with zero attached hydrogens (tertiary/aromatic N) is 3. The van der Waals surface area contributed by atoms with Gasteiger partial charge >= 0.3 is 0 Å². The molecule has 0 aromatic carbocycles. The Morgan fingerprint density at radius 3 is 2.65 bits per heavy atom. The highest BCUT2D eigenvalue weighted by Gasteiger charge is 2.23. The molecule has 0 radical (unpaired) electrons. The highest BCUT2D eigenvalue weighted by molar-refractivity contribution is 5.93. The first-order valence-electron chi connectivity index (χ1n) is 6.48. The van der Waals surface area contributed by atoms with Crippen LogP contribution in [0.15, 0.2) is 5.10 Å². The predicted octanol–water partition coefficient (Wildman–Crippen LogP) is 0.278. The summed E-state index contributed by atoms with van der Waals surface area (Å²) in [7, 11) is 0. The highest BCUT2D eigenvalue weighted by atomic mass is 16.2. The quantitative estimate of drug-likeness (QED) is 0.768. The molecule has 1 saturated heterocycles. The van der Waals surface area contributed by atoms with Crippen LogP contribution in [-0.4, -0.2) is 60.3 Å². The van der Waals surface area contributed by atoms with Gasteiger partial charge in [-0.15, -0.1) is 0 Å². The van der Waals surface area contributed by atoms with Crippen molar-refractivity contribution in [3.63, 3.8) is 0 Å². The Bertz CT molecular complexity index is 308. The van der Waals surface area contributed by atoms with Crippen molar-refractivity contribution in [1.29, 1.82) is 0 Å². The van der Waals surface area contributed by atoms with E-state index in [9.17, 15) is 4.79 Å². The Hall–Kier alpha value is -0.940. The van der Waals surface area contributed by atoms with Gasteiger partial charge in [0.05, 0.1) is 5.71 Å². The second-order valence-corrected chi connectivity index (χ2v) is 5.02. The zero-order valence-corrected chi connectivity index (χ0v) is 10.8. The molecule has 0 spiro atoms. The summed E-state index contributed by atoms with van der Waals surface area (Å²) in [4.78, 5) is 14.1. The summed E-state index contributed by atoms with van der Waals surface area (Å²) < 4.78 is 0. The van der Waals surface area contributed by atoms with Crippen LogP contribution in [-0.2, 0) is 4.79 Å². The maximum Gasteiger partial charge on any atom is 0.243 e. The maximum absolute atomic E-state index is 11.7. The smallest absolute Gasteiger partial charge is 0.243 e. The fourth-order valence-electron chi connectivity index (χ4n) is 2.27. The van der Waals surface area contributed by atoms with Gasteiger partial charge in [0.25, 0.3) is 0 Å². The Morgan fingerprint density at radius 1 is 1.29 bits per heavy atom. The van der Waals surface area contributed by atoms with Crippen LogP contribution in [0.2, 0.25) is 0 Å². The Kier molecular flexibility index (Phi) is 4.12. The molecular formula is C12H22N4O. The largest absolute Gasteiger partial charge is 0.314 e. The topological polar surface area (TPSA) is 47.9 Å². The first-order valence-corrected chi connectivity index (χ1v) is 6.48. The monoisotopic (exact) mass is 238 g/mol. The molecule has 2 heterocycles. The number of hydrogen-bond donors (Lipinski definition) is 1. The summed E-state index contributed by atoms with van der Waals surface area (Å²) in [5, 5.41) is 9.47. The summed E-state index contributed by atoms with van der Waals surface area (Å²) in [5.74, 6) is 0.157. The maximum atomic E-state index is 11.7. The summed E-state index contributed by atoms with van der Waals surface area (Å²) in [5.41, 5.74) is 1.15. The normalized spacial score (nSPS) is 23.1. The molecule has 0 aliphatic carbocycles. The van der Waals surface area contributed by atoms with Gasteiger partial charge in [-0.3, -0.25) is 9.69 Å². The fraction of sp³-hybridized carbons (Fsp3) is 0.833. The molecular weight excluding hydrogens is 216 g/mol. The Morgan fingerprint density at radius 2 is 2.00 bits per heavy atom. The predicted molar refractivity (Wildman–Crippen MR) is 68.0 cm³/mol. The van der Waals surface area contributed by atoms with E-state index < -0.39 is 0 Å². The Labute approximate surface area is 103 Å². The fourth-order valence-corrected chi connectivity index (χ4v) is 2.27. The van der Waals surface area contributed by atoms with E-state index in [0.29, 0.717) is 6.42 Å². The molecule has 0 atom stereocenters. The third-order valence-electron chi connectivity index (χ3n) is 3.24. The van der Waals surface area contributed by atoms with Crippen LogP contribution in [0, 0.1) is 0 Å². The molecule has 0 aromatic heterocycles. The zero-order valence-electron chi connectivity index (χ0n) is 10.8. The minimum Gasteiger partial charge on any atom is -0.314 e. The molecule has 96 valence electrons. The van der Waals surface area contributed by atoms with Crippen molar-refractivity contribution in [3.05, 3.63) is 0 Å². The molecule has 1 amide bonds. The minimum absolute atomic E-state index is 0.157. The van der Waals surface area contributed by atoms with Crippen molar-refractivity contribution >= 4 is 11.6 Å². The number of hydrogen-bond acceptors (Lipinski definition) is 4. The van der Waals surface area contributed by atoms with E-state index in [2.05, 4.69) is 15.3 Å². The first-order chi connectivity index (χ1) is 8.16. The molecule has 0 unspecified atom stereocenters. The lowest BCUT2D eigenvalue weighted by Gasteiger charge is -2.31. The molecule has 2 aliphatic heterocycles. The van der Waals surface area contributed by atoms with Crippen LogP contribution in [0.4, 0.5) is 0 Å². The van der Waals surface area contributed by atoms with E-state index in [1.807, 2.05) is 13.8 Å². The van der Waals surface area contributed by atoms with Crippen LogP contribution in [0.25, 0.3) is 0 Å². The van der Waals surface area contributed by atoms with Crippen LogP contribution < -0.4 is 5.32 Å². The van der Waals surface area contributed by atoms with E-state index >= 15 is 0 Å². The highest BCUT2D eigenvalue weighted by Crippen LogP contribution is 2.13. The van der Waals surface area contributed by atoms with Crippen molar-refractivity contribution in [3.8, 4) is 0 Å². The van der Waals surface area contributed by atoms with E-state index in [-0.39, 0.29) is 11.9 Å². The lowest BCUT2D eigenvalue weighted by Crippen LogP contribution is -2.47. The van der Waals surface area contributed by atoms with Crippen molar-refractivity contribution in [2.24, 2.45) is 5.10 Å². The standard InChI is InChI=1S/C12H22N4O/c1-10(2)16-12(17)4-3-11(14-16)9-15-7-5-13-6-8-15/h10,13H,3-9H2,1-2H3. The van der Waals surface area contributed by atoms with Gasteiger partial charge < -0.3 is 5.32 Å². The molecule has 17 heavy (non-hydrogen) atoms. The van der Waals surface area contributed by atoms with Gasteiger partial charge in [-0.05, 0) is 20.3 Å². The summed E-state index contributed by atoms with van der Waals surface area (Å²) in [6, 6.07) is 0.167. The number of rotatable bonds is 3. The molecule has 2 rings (SSSR count). The minimum atomic E-state index is 0.157. The number of piperazine rings is 1. The lowest BCUT2D eigenvalue weighted by atomic mass is 10.1. The van der Waals surface area contributed by atoms with Gasteiger partial charge in [0.1, 0.15) is 0 Å². The molecule has 1 N–H and O–H groups in total. The third-order valence-corrected chi connectivity index (χ3v) is 3.24. The average Bonchev–Trinajstić information content (AvgIpc) is 2.32. The van der Waals surface area contributed by atoms with Gasteiger partial charge in [-0.25, -0.2) is 5.01 Å². The van der Waals surface area contributed by atoms with Gasteiger partial charge in [0.15, 0.2) is 0 Å². The molecule has 0 aromatic rings. The number of amides is 1. The zero-order chi connectivity index (χ0) is 12.3. The number of nitrogens with one attached hydrogen (secondary N) is 1. The van der Waals surface area contributed by atoms with Gasteiger partial charge in [-0.2, -0.15) is 5.10 Å². The van der Waals surface area contributed by atoms with Gasteiger partial charge in [0.2, 0.25) is 5.91 Å². The van der Waals surface area contributed by atoms with E-state index in [1.54, 1.807) is 5.01 Å². The Balaban J connectivity index is 1.95. The van der Waals surface area contributed by atoms with E-state index in [0.717, 1.165) is 44.9 Å². The number of carbonyl (C=O) groups is 1. The SMILES string of the molecule is CC(C)N1N=C(CN2CCNCC2)CCC1=O. The van der Waals surface area contributed by atoms with Crippen molar-refractivity contribution < 1.29 is 4.79 Å².